The number of ether oxygens (including phenoxy) is 1. The molecule has 0 saturated heterocycles. The van der Waals surface area contributed by atoms with E-state index in [1.807, 2.05) is 0 Å². The molecular weight excluding hydrogens is 270 g/mol. The molecule has 0 aliphatic rings. The van der Waals surface area contributed by atoms with Crippen molar-refractivity contribution in [3.8, 4) is 0 Å². The molecule has 102 valence electrons. The van der Waals surface area contributed by atoms with Gasteiger partial charge in [0.25, 0.3) is 5.91 Å². The first kappa shape index (κ1) is 15.2. The number of nitrogens with two attached hydrogens (primary N) is 1. The lowest BCUT2D eigenvalue weighted by Gasteiger charge is -2.09. The van der Waals surface area contributed by atoms with E-state index in [1.165, 1.54) is 6.92 Å². The highest BCUT2D eigenvalue weighted by Gasteiger charge is 2.16. The molecule has 0 aliphatic heterocycles. The van der Waals surface area contributed by atoms with Crippen LogP contribution in [0.3, 0.4) is 0 Å². The second-order valence-electron chi connectivity index (χ2n) is 3.96. The highest BCUT2D eigenvalue weighted by atomic mass is 35.5. The predicted octanol–water partition coefficient (Wildman–Crippen LogP) is 1.72. The molecule has 5 nitrogen and oxygen atoms in total. The first-order chi connectivity index (χ1) is 8.90. The molecule has 6 heteroatoms. The quantitative estimate of drug-likeness (QED) is 0.636. The van der Waals surface area contributed by atoms with Gasteiger partial charge in [-0.1, -0.05) is 11.6 Å². The molecule has 0 spiro atoms. The van der Waals surface area contributed by atoms with Crippen LogP contribution in [0.25, 0.3) is 0 Å². The van der Waals surface area contributed by atoms with Crippen LogP contribution in [0.4, 0.5) is 0 Å². The van der Waals surface area contributed by atoms with E-state index >= 15 is 0 Å². The molecule has 0 heterocycles. The first-order valence-corrected chi connectivity index (χ1v) is 6.05. The summed E-state index contributed by atoms with van der Waals surface area (Å²) in [5.74, 6) is -1.55. The van der Waals surface area contributed by atoms with E-state index in [0.29, 0.717) is 10.6 Å². The van der Waals surface area contributed by atoms with Crippen molar-refractivity contribution < 1.29 is 19.1 Å². The lowest BCUT2D eigenvalue weighted by molar-refractivity contribution is -0.153. The Kier molecular flexibility index (Phi) is 5.51. The normalized spacial score (nSPS) is 11.7. The number of amides is 1. The minimum atomic E-state index is -0.988. The Morgan fingerprint density at radius 1 is 1.21 bits per heavy atom. The number of ketones is 1. The zero-order valence-electron chi connectivity index (χ0n) is 10.4. The van der Waals surface area contributed by atoms with Gasteiger partial charge in [0.2, 0.25) is 0 Å². The van der Waals surface area contributed by atoms with Gasteiger partial charge in [-0.3, -0.25) is 14.4 Å². The Bertz CT molecular complexity index is 484. The van der Waals surface area contributed by atoms with E-state index in [0.717, 1.165) is 0 Å². The first-order valence-electron chi connectivity index (χ1n) is 5.67. The summed E-state index contributed by atoms with van der Waals surface area (Å²) >= 11 is 5.70. The monoisotopic (exact) mass is 283 g/mol. The highest BCUT2D eigenvalue weighted by Crippen LogP contribution is 2.12. The maximum atomic E-state index is 11.7. The standard InChI is InChI=1S/C13H14ClNO4/c1-8(13(15)18)19-12(17)7-6-11(16)9-2-4-10(14)5-3-9/h2-5,8H,6-7H2,1H3,(H2,15,18)/t8-/m0/s1. The van der Waals surface area contributed by atoms with Crippen LogP contribution in [0.5, 0.6) is 0 Å². The van der Waals surface area contributed by atoms with Gasteiger partial charge in [-0.25, -0.2) is 0 Å². The minimum absolute atomic E-state index is 0.00590. The second kappa shape index (κ2) is 6.89. The average molecular weight is 284 g/mol. The third kappa shape index (κ3) is 5.09. The van der Waals surface area contributed by atoms with Crippen molar-refractivity contribution in [2.24, 2.45) is 5.73 Å². The Labute approximate surface area is 115 Å². The molecule has 0 saturated carbocycles. The van der Waals surface area contributed by atoms with Crippen LogP contribution in [0.15, 0.2) is 24.3 Å². The van der Waals surface area contributed by atoms with Crippen molar-refractivity contribution in [1.82, 2.24) is 0 Å². The van der Waals surface area contributed by atoms with E-state index in [1.54, 1.807) is 24.3 Å². The molecule has 0 radical (unpaired) electrons. The third-order valence-corrected chi connectivity index (χ3v) is 2.68. The van der Waals surface area contributed by atoms with Crippen molar-refractivity contribution in [3.05, 3.63) is 34.9 Å². The molecule has 0 unspecified atom stereocenters. The largest absolute Gasteiger partial charge is 0.453 e. The lowest BCUT2D eigenvalue weighted by Crippen LogP contribution is -2.30. The van der Waals surface area contributed by atoms with Gasteiger partial charge in [0.1, 0.15) is 0 Å². The van der Waals surface area contributed by atoms with E-state index in [4.69, 9.17) is 22.1 Å². The van der Waals surface area contributed by atoms with Gasteiger partial charge < -0.3 is 10.5 Å². The highest BCUT2D eigenvalue weighted by molar-refractivity contribution is 6.30. The Morgan fingerprint density at radius 2 is 1.79 bits per heavy atom. The molecule has 1 amide bonds. The number of primary amides is 1. The van der Waals surface area contributed by atoms with Crippen molar-refractivity contribution in [3.63, 3.8) is 0 Å². The van der Waals surface area contributed by atoms with Gasteiger partial charge in [0.05, 0.1) is 6.42 Å². The molecule has 2 N–H and O–H groups in total. The van der Waals surface area contributed by atoms with Crippen LogP contribution in [0.2, 0.25) is 5.02 Å². The fraction of sp³-hybridized carbons (Fsp3) is 0.308. The Hall–Kier alpha value is -1.88. The number of Topliss-reactive ketones (excluding diaryl/α,β-unsaturated/α-hetero) is 1. The molecule has 0 aliphatic carbocycles. The Balaban J connectivity index is 2.44. The van der Waals surface area contributed by atoms with Gasteiger partial charge in [-0.2, -0.15) is 0 Å². The zero-order valence-corrected chi connectivity index (χ0v) is 11.1. The molecule has 0 aromatic heterocycles. The van der Waals surface area contributed by atoms with E-state index in [-0.39, 0.29) is 18.6 Å². The fourth-order valence-corrected chi connectivity index (χ4v) is 1.44. The maximum Gasteiger partial charge on any atom is 0.307 e. The van der Waals surface area contributed by atoms with Crippen LogP contribution in [0.1, 0.15) is 30.1 Å². The van der Waals surface area contributed by atoms with Crippen LogP contribution in [-0.2, 0) is 14.3 Å². The molecule has 1 rings (SSSR count). The number of carbonyl (C=O) groups excluding carboxylic acids is 3. The number of carbonyl (C=O) groups is 3. The molecule has 1 aromatic carbocycles. The number of hydrogen-bond donors (Lipinski definition) is 1. The summed E-state index contributed by atoms with van der Waals surface area (Å²) in [4.78, 5) is 33.8. The zero-order chi connectivity index (χ0) is 14.4. The topological polar surface area (TPSA) is 86.5 Å². The molecule has 0 bridgehead atoms. The maximum absolute atomic E-state index is 11.7. The van der Waals surface area contributed by atoms with E-state index in [9.17, 15) is 14.4 Å². The van der Waals surface area contributed by atoms with Crippen LogP contribution in [0, 0.1) is 0 Å². The lowest BCUT2D eigenvalue weighted by atomic mass is 10.1. The van der Waals surface area contributed by atoms with E-state index in [2.05, 4.69) is 0 Å². The van der Waals surface area contributed by atoms with Crippen molar-refractivity contribution in [1.29, 1.82) is 0 Å². The van der Waals surface area contributed by atoms with Crippen LogP contribution < -0.4 is 5.73 Å². The number of esters is 1. The molecule has 1 aromatic rings. The molecule has 19 heavy (non-hydrogen) atoms. The summed E-state index contributed by atoms with van der Waals surface area (Å²) in [5.41, 5.74) is 5.42. The van der Waals surface area contributed by atoms with E-state index < -0.39 is 18.0 Å². The minimum Gasteiger partial charge on any atom is -0.453 e. The van der Waals surface area contributed by atoms with Gasteiger partial charge in [0.15, 0.2) is 11.9 Å². The molecule has 1 atom stereocenters. The van der Waals surface area contributed by atoms with Gasteiger partial charge in [-0.15, -0.1) is 0 Å². The fourth-order valence-electron chi connectivity index (χ4n) is 1.31. The predicted molar refractivity (Wildman–Crippen MR) is 69.8 cm³/mol. The summed E-state index contributed by atoms with van der Waals surface area (Å²) in [6, 6.07) is 6.37. The van der Waals surface area contributed by atoms with Crippen molar-refractivity contribution in [2.75, 3.05) is 0 Å². The Morgan fingerprint density at radius 3 is 2.32 bits per heavy atom. The summed E-state index contributed by atoms with van der Waals surface area (Å²) in [6.07, 6.45) is -1.08. The summed E-state index contributed by atoms with van der Waals surface area (Å²) < 4.78 is 4.73. The number of hydrogen-bond acceptors (Lipinski definition) is 4. The SMILES string of the molecule is C[C@H](OC(=O)CCC(=O)c1ccc(Cl)cc1)C(N)=O. The smallest absolute Gasteiger partial charge is 0.307 e. The summed E-state index contributed by atoms with van der Waals surface area (Å²) in [7, 11) is 0. The number of benzene rings is 1. The summed E-state index contributed by atoms with van der Waals surface area (Å²) in [6.45, 7) is 1.38. The summed E-state index contributed by atoms with van der Waals surface area (Å²) in [5, 5.41) is 0.534. The van der Waals surface area contributed by atoms with Crippen molar-refractivity contribution >= 4 is 29.3 Å². The van der Waals surface area contributed by atoms with Gasteiger partial charge in [0, 0.05) is 17.0 Å². The molecule has 0 fully saturated rings. The second-order valence-corrected chi connectivity index (χ2v) is 4.40. The van der Waals surface area contributed by atoms with Crippen LogP contribution in [-0.4, -0.2) is 23.8 Å². The molecular formula is C13H14ClNO4. The van der Waals surface area contributed by atoms with Crippen molar-refractivity contribution in [2.45, 2.75) is 25.9 Å². The van der Waals surface area contributed by atoms with Crippen LogP contribution >= 0.6 is 11.6 Å². The number of halogens is 1. The number of rotatable bonds is 6. The average Bonchev–Trinajstić information content (AvgIpc) is 2.36. The van der Waals surface area contributed by atoms with Gasteiger partial charge in [-0.05, 0) is 31.2 Å². The third-order valence-electron chi connectivity index (χ3n) is 2.43. The van der Waals surface area contributed by atoms with Gasteiger partial charge >= 0.3 is 5.97 Å².